The lowest BCUT2D eigenvalue weighted by atomic mass is 9.97. The summed E-state index contributed by atoms with van der Waals surface area (Å²) in [5.41, 5.74) is 4.42. The number of aryl methyl sites for hydroxylation is 1. The van der Waals surface area contributed by atoms with Crippen LogP contribution in [0, 0.1) is 12.7 Å². The van der Waals surface area contributed by atoms with E-state index in [2.05, 4.69) is 17.1 Å². The minimum atomic E-state index is -0.266. The van der Waals surface area contributed by atoms with E-state index in [-0.39, 0.29) is 11.9 Å². The molecular weight excluding hydrogens is 353 g/mol. The second kappa shape index (κ2) is 7.87. The minimum Gasteiger partial charge on any atom is -0.387 e. The molecule has 0 amide bonds. The summed E-state index contributed by atoms with van der Waals surface area (Å²) in [6.45, 7) is 4.93. The monoisotopic (exact) mass is 373 g/mol. The van der Waals surface area contributed by atoms with Crippen LogP contribution in [0.5, 0.6) is 0 Å². The summed E-state index contributed by atoms with van der Waals surface area (Å²) in [7, 11) is 1.96. The van der Waals surface area contributed by atoms with Crippen LogP contribution in [-0.2, 0) is 4.84 Å². The van der Waals surface area contributed by atoms with Gasteiger partial charge in [-0.1, -0.05) is 28.9 Å². The van der Waals surface area contributed by atoms with Crippen LogP contribution in [0.3, 0.4) is 0 Å². The molecule has 4 nitrogen and oxygen atoms in total. The summed E-state index contributed by atoms with van der Waals surface area (Å²) in [6, 6.07) is 10.1. The zero-order chi connectivity index (χ0) is 18.7. The van der Waals surface area contributed by atoms with E-state index in [1.807, 2.05) is 31.0 Å². The molecule has 0 radical (unpaired) electrons. The van der Waals surface area contributed by atoms with Gasteiger partial charge in [0.15, 0.2) is 6.10 Å². The number of halogens is 2. The van der Waals surface area contributed by atoms with Gasteiger partial charge in [0.2, 0.25) is 0 Å². The molecule has 2 aromatic carbocycles. The molecule has 1 atom stereocenters. The van der Waals surface area contributed by atoms with Crippen LogP contribution in [0.1, 0.15) is 36.1 Å². The fourth-order valence-electron chi connectivity index (χ4n) is 2.73. The van der Waals surface area contributed by atoms with Gasteiger partial charge in [-0.15, -0.1) is 0 Å². The van der Waals surface area contributed by atoms with Gasteiger partial charge in [-0.3, -0.25) is 0 Å². The quantitative estimate of drug-likeness (QED) is 0.529. The molecule has 0 saturated heterocycles. The Bertz CT molecular complexity index is 849. The Balaban J connectivity index is 1.77. The van der Waals surface area contributed by atoms with Crippen molar-refractivity contribution in [2.45, 2.75) is 26.4 Å². The number of aliphatic imine (C=N–C) groups is 1. The third-order valence-electron chi connectivity index (χ3n) is 4.42. The second-order valence-electron chi connectivity index (χ2n) is 6.32. The summed E-state index contributed by atoms with van der Waals surface area (Å²) in [4.78, 5) is 12.0. The molecule has 6 heteroatoms. The first-order chi connectivity index (χ1) is 12.5. The molecule has 1 aliphatic rings. The molecule has 1 unspecified atom stereocenters. The maximum atomic E-state index is 13.1. The van der Waals surface area contributed by atoms with Gasteiger partial charge >= 0.3 is 0 Å². The van der Waals surface area contributed by atoms with Gasteiger partial charge in [0.1, 0.15) is 5.82 Å². The van der Waals surface area contributed by atoms with E-state index in [1.165, 1.54) is 12.1 Å². The van der Waals surface area contributed by atoms with Gasteiger partial charge in [0.05, 0.1) is 22.8 Å². The normalized spacial score (nSPS) is 16.7. The average molecular weight is 374 g/mol. The predicted octanol–water partition coefficient (Wildman–Crippen LogP) is 5.26. The molecule has 2 aromatic rings. The van der Waals surface area contributed by atoms with Crippen molar-refractivity contribution >= 4 is 29.3 Å². The Morgan fingerprint density at radius 1 is 1.35 bits per heavy atom. The Hall–Kier alpha value is -2.40. The highest BCUT2D eigenvalue weighted by molar-refractivity contribution is 6.33. The zero-order valence-electron chi connectivity index (χ0n) is 15.0. The third kappa shape index (κ3) is 4.05. The summed E-state index contributed by atoms with van der Waals surface area (Å²) < 4.78 is 13.1. The second-order valence-corrected chi connectivity index (χ2v) is 6.73. The SMILES string of the molecule is CCN(C)/C=N\c1cc(C)c(C2CC(c3ccc(F)cc3)=NO2)cc1Cl. The van der Waals surface area contributed by atoms with Gasteiger partial charge in [-0.05, 0) is 54.8 Å². The van der Waals surface area contributed by atoms with Gasteiger partial charge in [-0.25, -0.2) is 9.38 Å². The molecule has 0 fully saturated rings. The van der Waals surface area contributed by atoms with E-state index in [9.17, 15) is 4.39 Å². The number of oxime groups is 1. The van der Waals surface area contributed by atoms with Crippen LogP contribution in [0.2, 0.25) is 5.02 Å². The first-order valence-corrected chi connectivity index (χ1v) is 8.88. The van der Waals surface area contributed by atoms with Gasteiger partial charge in [-0.2, -0.15) is 0 Å². The molecule has 3 rings (SSSR count). The zero-order valence-corrected chi connectivity index (χ0v) is 15.8. The number of rotatable bonds is 5. The smallest absolute Gasteiger partial charge is 0.158 e. The van der Waals surface area contributed by atoms with Crippen LogP contribution in [0.15, 0.2) is 46.5 Å². The van der Waals surface area contributed by atoms with Crippen molar-refractivity contribution in [2.24, 2.45) is 10.1 Å². The van der Waals surface area contributed by atoms with Crippen molar-refractivity contribution in [3.05, 3.63) is 63.9 Å². The lowest BCUT2D eigenvalue weighted by Crippen LogP contribution is -2.14. The fourth-order valence-corrected chi connectivity index (χ4v) is 2.95. The lowest BCUT2D eigenvalue weighted by molar-refractivity contribution is 0.0853. The molecule has 0 N–H and O–H groups in total. The molecule has 136 valence electrons. The van der Waals surface area contributed by atoms with E-state index < -0.39 is 0 Å². The van der Waals surface area contributed by atoms with Crippen LogP contribution >= 0.6 is 11.6 Å². The van der Waals surface area contributed by atoms with Crippen LogP contribution in [0.25, 0.3) is 0 Å². The summed E-state index contributed by atoms with van der Waals surface area (Å²) in [5, 5.41) is 4.75. The van der Waals surface area contributed by atoms with E-state index in [0.717, 1.165) is 34.6 Å². The van der Waals surface area contributed by atoms with Crippen molar-refractivity contribution in [3.8, 4) is 0 Å². The standard InChI is InChI=1S/C20H21ClFN3O/c1-4-25(3)12-23-19-9-13(2)16(10-17(19)21)20-11-18(24-26-20)14-5-7-15(22)8-6-14/h5-10,12,20H,4,11H2,1-3H3/b23-12-. The Morgan fingerprint density at radius 2 is 2.08 bits per heavy atom. The average Bonchev–Trinajstić information content (AvgIpc) is 3.12. The van der Waals surface area contributed by atoms with Crippen molar-refractivity contribution in [1.82, 2.24) is 4.90 Å². The van der Waals surface area contributed by atoms with Crippen molar-refractivity contribution < 1.29 is 9.23 Å². The predicted molar refractivity (Wildman–Crippen MR) is 104 cm³/mol. The molecule has 0 bridgehead atoms. The van der Waals surface area contributed by atoms with E-state index >= 15 is 0 Å². The first kappa shape index (κ1) is 18.4. The Morgan fingerprint density at radius 3 is 2.77 bits per heavy atom. The summed E-state index contributed by atoms with van der Waals surface area (Å²) in [5.74, 6) is -0.266. The van der Waals surface area contributed by atoms with Crippen LogP contribution < -0.4 is 0 Å². The molecule has 26 heavy (non-hydrogen) atoms. The molecule has 1 heterocycles. The summed E-state index contributed by atoms with van der Waals surface area (Å²) in [6.07, 6.45) is 2.18. The number of hydrogen-bond acceptors (Lipinski definition) is 3. The molecule has 1 aliphatic heterocycles. The molecule has 0 aliphatic carbocycles. The van der Waals surface area contributed by atoms with Gasteiger partial charge in [0, 0.05) is 20.0 Å². The van der Waals surface area contributed by atoms with Crippen molar-refractivity contribution in [3.63, 3.8) is 0 Å². The van der Waals surface area contributed by atoms with Gasteiger partial charge in [0.25, 0.3) is 0 Å². The van der Waals surface area contributed by atoms with E-state index in [0.29, 0.717) is 11.4 Å². The topological polar surface area (TPSA) is 37.2 Å². The van der Waals surface area contributed by atoms with Crippen LogP contribution in [-0.4, -0.2) is 30.5 Å². The van der Waals surface area contributed by atoms with Crippen molar-refractivity contribution in [1.29, 1.82) is 0 Å². The van der Waals surface area contributed by atoms with E-state index in [1.54, 1.807) is 18.5 Å². The first-order valence-electron chi connectivity index (χ1n) is 8.51. The Kier molecular flexibility index (Phi) is 5.57. The number of benzene rings is 2. The fraction of sp³-hybridized carbons (Fsp3) is 0.300. The maximum Gasteiger partial charge on any atom is 0.158 e. The van der Waals surface area contributed by atoms with E-state index in [4.69, 9.17) is 16.4 Å². The largest absolute Gasteiger partial charge is 0.387 e. The van der Waals surface area contributed by atoms with Crippen LogP contribution in [0.4, 0.5) is 10.1 Å². The third-order valence-corrected chi connectivity index (χ3v) is 4.72. The molecule has 0 spiro atoms. The summed E-state index contributed by atoms with van der Waals surface area (Å²) >= 11 is 6.41. The Labute approximate surface area is 157 Å². The lowest BCUT2D eigenvalue weighted by Gasteiger charge is -2.14. The highest BCUT2D eigenvalue weighted by atomic mass is 35.5. The number of nitrogens with zero attached hydrogens (tertiary/aromatic N) is 3. The minimum absolute atomic E-state index is 0.205. The van der Waals surface area contributed by atoms with Gasteiger partial charge < -0.3 is 9.74 Å². The maximum absolute atomic E-state index is 13.1. The highest BCUT2D eigenvalue weighted by Crippen LogP contribution is 2.36. The highest BCUT2D eigenvalue weighted by Gasteiger charge is 2.26. The number of hydrogen-bond donors (Lipinski definition) is 0. The van der Waals surface area contributed by atoms with Crippen molar-refractivity contribution in [2.75, 3.05) is 13.6 Å². The molecule has 0 aromatic heterocycles. The molecule has 0 saturated carbocycles. The molecular formula is C20H21ClFN3O.